The van der Waals surface area contributed by atoms with E-state index < -0.39 is 0 Å². The van der Waals surface area contributed by atoms with Gasteiger partial charge in [-0.05, 0) is 37.3 Å². The van der Waals surface area contributed by atoms with E-state index in [9.17, 15) is 0 Å². The lowest BCUT2D eigenvalue weighted by atomic mass is 10.1. The molecule has 117 valence electrons. The van der Waals surface area contributed by atoms with Crippen LogP contribution < -0.4 is 9.47 Å². The lowest BCUT2D eigenvalue weighted by molar-refractivity contribution is 0.0674. The molecule has 0 aliphatic carbocycles. The van der Waals surface area contributed by atoms with Crippen LogP contribution in [0.25, 0.3) is 0 Å². The van der Waals surface area contributed by atoms with Crippen molar-refractivity contribution in [3.8, 4) is 11.5 Å². The molecule has 0 amide bonds. The van der Waals surface area contributed by atoms with E-state index in [0.29, 0.717) is 19.8 Å². The molecule has 1 aliphatic heterocycles. The van der Waals surface area contributed by atoms with Crippen LogP contribution >= 0.6 is 0 Å². The van der Waals surface area contributed by atoms with Gasteiger partial charge >= 0.3 is 0 Å². The molecule has 1 fully saturated rings. The first-order valence-corrected chi connectivity index (χ1v) is 7.61. The number of rotatable bonds is 9. The maximum Gasteiger partial charge on any atom is 0.126 e. The first kappa shape index (κ1) is 16.1. The van der Waals surface area contributed by atoms with E-state index in [-0.39, 0.29) is 6.10 Å². The standard InChI is InChI=1S/C17H25O4/c1-3-5-14-7-8-15(20-11-10-18-2)12-17(14)21-13-16-6-4-9-19-16/h7-8,12,16H,1,3-6,9-11,13H2,2H3. The van der Waals surface area contributed by atoms with Crippen molar-refractivity contribution in [1.29, 1.82) is 0 Å². The monoisotopic (exact) mass is 293 g/mol. The highest BCUT2D eigenvalue weighted by molar-refractivity contribution is 5.41. The Morgan fingerprint density at radius 2 is 2.19 bits per heavy atom. The van der Waals surface area contributed by atoms with Gasteiger partial charge in [0, 0.05) is 19.8 Å². The van der Waals surface area contributed by atoms with Gasteiger partial charge in [-0.25, -0.2) is 0 Å². The van der Waals surface area contributed by atoms with Gasteiger partial charge in [-0.1, -0.05) is 13.0 Å². The minimum Gasteiger partial charge on any atom is -0.491 e. The van der Waals surface area contributed by atoms with E-state index in [1.54, 1.807) is 7.11 Å². The summed E-state index contributed by atoms with van der Waals surface area (Å²) >= 11 is 0. The van der Waals surface area contributed by atoms with E-state index in [4.69, 9.17) is 18.9 Å². The second-order valence-electron chi connectivity index (χ2n) is 5.16. The van der Waals surface area contributed by atoms with Crippen LogP contribution in [0.4, 0.5) is 0 Å². The van der Waals surface area contributed by atoms with Gasteiger partial charge in [-0.2, -0.15) is 0 Å². The SMILES string of the molecule is [CH2]CCc1ccc(OCCOC)cc1OCC1CCCO1. The second kappa shape index (κ2) is 8.90. The van der Waals surface area contributed by atoms with Gasteiger partial charge in [0.1, 0.15) is 24.7 Å². The van der Waals surface area contributed by atoms with Crippen molar-refractivity contribution in [2.24, 2.45) is 0 Å². The number of ether oxygens (including phenoxy) is 4. The zero-order valence-corrected chi connectivity index (χ0v) is 12.8. The summed E-state index contributed by atoms with van der Waals surface area (Å²) in [6.07, 6.45) is 4.17. The van der Waals surface area contributed by atoms with Crippen molar-refractivity contribution in [2.75, 3.05) is 33.5 Å². The Morgan fingerprint density at radius 1 is 1.29 bits per heavy atom. The molecule has 0 bridgehead atoms. The fourth-order valence-electron chi connectivity index (χ4n) is 2.36. The molecule has 1 aromatic rings. The Morgan fingerprint density at radius 3 is 2.90 bits per heavy atom. The third-order valence-electron chi connectivity index (χ3n) is 3.49. The van der Waals surface area contributed by atoms with Crippen LogP contribution in [-0.2, 0) is 15.9 Å². The minimum absolute atomic E-state index is 0.218. The largest absolute Gasteiger partial charge is 0.491 e. The van der Waals surface area contributed by atoms with Gasteiger partial charge in [-0.3, -0.25) is 0 Å². The minimum atomic E-state index is 0.218. The van der Waals surface area contributed by atoms with Gasteiger partial charge in [-0.15, -0.1) is 0 Å². The Balaban J connectivity index is 1.97. The Labute approximate surface area is 127 Å². The number of benzene rings is 1. The molecule has 1 atom stereocenters. The molecule has 0 aromatic heterocycles. The number of methoxy groups -OCH3 is 1. The van der Waals surface area contributed by atoms with Gasteiger partial charge in [0.2, 0.25) is 0 Å². The van der Waals surface area contributed by atoms with Crippen LogP contribution in [0.1, 0.15) is 24.8 Å². The summed E-state index contributed by atoms with van der Waals surface area (Å²) in [6, 6.07) is 5.98. The third kappa shape index (κ3) is 5.21. The second-order valence-corrected chi connectivity index (χ2v) is 5.16. The van der Waals surface area contributed by atoms with E-state index in [1.165, 1.54) is 5.56 Å². The molecule has 2 rings (SSSR count). The molecule has 1 unspecified atom stereocenters. The third-order valence-corrected chi connectivity index (χ3v) is 3.49. The highest BCUT2D eigenvalue weighted by atomic mass is 16.5. The first-order chi connectivity index (χ1) is 10.3. The zero-order valence-electron chi connectivity index (χ0n) is 12.8. The molecule has 21 heavy (non-hydrogen) atoms. The topological polar surface area (TPSA) is 36.9 Å². The maximum atomic E-state index is 5.96. The van der Waals surface area contributed by atoms with Crippen LogP contribution in [-0.4, -0.2) is 39.6 Å². The van der Waals surface area contributed by atoms with Crippen LogP contribution in [0, 0.1) is 6.92 Å². The Bertz CT molecular complexity index is 413. The number of hydrogen-bond donors (Lipinski definition) is 0. The summed E-state index contributed by atoms with van der Waals surface area (Å²) in [7, 11) is 1.66. The first-order valence-electron chi connectivity index (χ1n) is 7.61. The average molecular weight is 293 g/mol. The van der Waals surface area contributed by atoms with Crippen LogP contribution in [0.2, 0.25) is 0 Å². The lowest BCUT2D eigenvalue weighted by Crippen LogP contribution is -2.17. The van der Waals surface area contributed by atoms with Gasteiger partial charge in [0.25, 0.3) is 0 Å². The molecule has 0 N–H and O–H groups in total. The van der Waals surface area contributed by atoms with E-state index in [1.807, 2.05) is 12.1 Å². The van der Waals surface area contributed by atoms with Crippen molar-refractivity contribution >= 4 is 0 Å². The van der Waals surface area contributed by atoms with Gasteiger partial charge in [0.05, 0.1) is 12.7 Å². The molecule has 1 saturated heterocycles. The van der Waals surface area contributed by atoms with E-state index >= 15 is 0 Å². The molecule has 0 spiro atoms. The smallest absolute Gasteiger partial charge is 0.126 e. The molecule has 1 aliphatic rings. The molecule has 1 radical (unpaired) electrons. The molecule has 4 nitrogen and oxygen atoms in total. The fraction of sp³-hybridized carbons (Fsp3) is 0.588. The zero-order chi connectivity index (χ0) is 14.9. The molecule has 4 heteroatoms. The molecular formula is C17H25O4. The Kier molecular flexibility index (Phi) is 6.83. The number of aryl methyl sites for hydroxylation is 1. The van der Waals surface area contributed by atoms with Crippen LogP contribution in [0.3, 0.4) is 0 Å². The molecule has 0 saturated carbocycles. The maximum absolute atomic E-state index is 5.96. The number of hydrogen-bond acceptors (Lipinski definition) is 4. The van der Waals surface area contributed by atoms with E-state index in [2.05, 4.69) is 13.0 Å². The summed E-state index contributed by atoms with van der Waals surface area (Å²) in [5.41, 5.74) is 1.17. The highest BCUT2D eigenvalue weighted by Gasteiger charge is 2.17. The average Bonchev–Trinajstić information content (AvgIpc) is 3.01. The highest BCUT2D eigenvalue weighted by Crippen LogP contribution is 2.27. The van der Waals surface area contributed by atoms with Crippen LogP contribution in [0.5, 0.6) is 11.5 Å². The normalized spacial score (nSPS) is 17.9. The Hall–Kier alpha value is -1.26. The molecule has 1 heterocycles. The predicted octanol–water partition coefficient (Wildman–Crippen LogP) is 3.04. The fourth-order valence-corrected chi connectivity index (χ4v) is 2.36. The van der Waals surface area contributed by atoms with Crippen molar-refractivity contribution < 1.29 is 18.9 Å². The predicted molar refractivity (Wildman–Crippen MR) is 82.0 cm³/mol. The van der Waals surface area contributed by atoms with Crippen molar-refractivity contribution in [3.63, 3.8) is 0 Å². The summed E-state index contributed by atoms with van der Waals surface area (Å²) in [5, 5.41) is 0. The van der Waals surface area contributed by atoms with Gasteiger partial charge in [0.15, 0.2) is 0 Å². The van der Waals surface area contributed by atoms with Crippen molar-refractivity contribution in [1.82, 2.24) is 0 Å². The summed E-state index contributed by atoms with van der Waals surface area (Å²) < 4.78 is 22.2. The summed E-state index contributed by atoms with van der Waals surface area (Å²) in [5.74, 6) is 1.69. The molecular weight excluding hydrogens is 268 g/mol. The quantitative estimate of drug-likeness (QED) is 0.656. The van der Waals surface area contributed by atoms with Gasteiger partial charge < -0.3 is 18.9 Å². The van der Waals surface area contributed by atoms with Crippen molar-refractivity contribution in [2.45, 2.75) is 31.8 Å². The van der Waals surface area contributed by atoms with E-state index in [0.717, 1.165) is 43.8 Å². The summed E-state index contributed by atoms with van der Waals surface area (Å²) in [6.45, 7) is 6.48. The van der Waals surface area contributed by atoms with Crippen molar-refractivity contribution in [3.05, 3.63) is 30.7 Å². The molecule has 1 aromatic carbocycles. The lowest BCUT2D eigenvalue weighted by Gasteiger charge is -2.16. The van der Waals surface area contributed by atoms with Crippen LogP contribution in [0.15, 0.2) is 18.2 Å². The summed E-state index contributed by atoms with van der Waals surface area (Å²) in [4.78, 5) is 0.